The van der Waals surface area contributed by atoms with Gasteiger partial charge in [0.25, 0.3) is 13.4 Å². The summed E-state index contributed by atoms with van der Waals surface area (Å²) in [6, 6.07) is 131. The molecule has 0 saturated heterocycles. The van der Waals surface area contributed by atoms with Crippen LogP contribution in [0.25, 0.3) is 71.6 Å². The van der Waals surface area contributed by atoms with Crippen LogP contribution in [-0.2, 0) is 4.57 Å². The lowest BCUT2D eigenvalue weighted by molar-refractivity contribution is 0.463. The van der Waals surface area contributed by atoms with Crippen molar-refractivity contribution in [1.29, 1.82) is 0 Å². The Morgan fingerprint density at radius 3 is 1.46 bits per heavy atom. The van der Waals surface area contributed by atoms with Crippen molar-refractivity contribution in [3.63, 3.8) is 0 Å². The van der Waals surface area contributed by atoms with Gasteiger partial charge in [0.15, 0.2) is 18.6 Å². The first-order valence-corrected chi connectivity index (χ1v) is 40.0. The van der Waals surface area contributed by atoms with Crippen molar-refractivity contribution in [2.75, 3.05) is 19.6 Å². The van der Waals surface area contributed by atoms with E-state index in [9.17, 15) is 0 Å². The smallest absolute Gasteiger partial charge is 0.252 e. The lowest BCUT2D eigenvalue weighted by Gasteiger charge is -2.45. The highest BCUT2D eigenvalue weighted by Crippen LogP contribution is 2.61. The van der Waals surface area contributed by atoms with E-state index in [1.165, 1.54) is 77.4 Å². The van der Waals surface area contributed by atoms with Gasteiger partial charge in [-0.15, -0.1) is 0 Å². The Hall–Kier alpha value is -14.2. The first-order valence-electron chi connectivity index (χ1n) is 38.3. The van der Waals surface area contributed by atoms with Gasteiger partial charge in [-0.05, 0) is 241 Å². The Morgan fingerprint density at radius 2 is 0.750 bits per heavy atom. The van der Waals surface area contributed by atoms with Gasteiger partial charge in [-0.2, -0.15) is 0 Å². The van der Waals surface area contributed by atoms with E-state index >= 15 is 4.57 Å². The summed E-state index contributed by atoms with van der Waals surface area (Å²) in [4.78, 5) is 9.85. The molecule has 0 saturated carbocycles. The minimum Gasteiger partial charge on any atom is -0.456 e. The number of ether oxygens (including phenoxy) is 3. The van der Waals surface area contributed by atoms with Gasteiger partial charge in [-0.3, -0.25) is 0 Å². The highest BCUT2D eigenvalue weighted by atomic mass is 31.2. The van der Waals surface area contributed by atoms with Crippen LogP contribution in [-0.4, -0.2) is 18.0 Å². The minimum absolute atomic E-state index is 0.000540. The van der Waals surface area contributed by atoms with Crippen molar-refractivity contribution in [2.45, 2.75) is 0 Å². The third-order valence-electron chi connectivity index (χ3n) is 24.4. The Kier molecular flexibility index (Phi) is 12.8. The van der Waals surface area contributed by atoms with E-state index in [0.717, 1.165) is 107 Å². The van der Waals surface area contributed by atoms with Crippen LogP contribution in [0.1, 0.15) is 0 Å². The zero-order valence-corrected chi connectivity index (χ0v) is 61.0. The Morgan fingerprint density at radius 1 is 0.268 bits per heavy atom. The molecule has 0 spiro atoms. The second-order valence-corrected chi connectivity index (χ2v) is 32.7. The predicted octanol–water partition coefficient (Wildman–Crippen LogP) is 21.1. The summed E-state index contributed by atoms with van der Waals surface area (Å²) in [5, 5.41) is 6.66. The number of para-hydroxylation sites is 8. The normalized spacial score (nSPS) is 15.0. The fourth-order valence-electron chi connectivity index (χ4n) is 19.6. The highest BCUT2D eigenvalue weighted by molar-refractivity contribution is 7.86. The van der Waals surface area contributed by atoms with Gasteiger partial charge in [0.05, 0.1) is 33.0 Å². The molecule has 17 aromatic carbocycles. The summed E-state index contributed by atoms with van der Waals surface area (Å²) >= 11 is 0. The Labute approximate surface area is 646 Å². The zero-order chi connectivity index (χ0) is 73.2. The molecule has 25 rings (SSSR count). The molecule has 1 atom stereocenters. The molecule has 8 heterocycles. The van der Waals surface area contributed by atoms with Crippen LogP contribution in [0.3, 0.4) is 0 Å². The maximum Gasteiger partial charge on any atom is 0.252 e. The third-order valence-corrected chi connectivity index (χ3v) is 27.5. The predicted molar refractivity (Wildman–Crippen MR) is 462 cm³/mol. The molecule has 1 unspecified atom stereocenters. The number of benzene rings is 17. The van der Waals surface area contributed by atoms with E-state index in [4.69, 9.17) is 14.2 Å². The standard InChI is InChI=1S/C100H60B2N5O4P/c108-112-94-37-14-12-34-89(94)109-92-56-53-72(99(100(92)112)111-90-35-13-15-38-95(90)112)63-44-50-69(51-45-63)103-79-26-8-4-21-73(79)74-59-65(46-54-80(74)103)64-40-39-62-43-52-71(58-67(62)57-64)106-83-29-11-6-23-76(83)101-75-22-5-9-27-81(75)105(85-30-17-32-87(106)96(85)101)70-48-41-61(42-49-70)66-47-55-84-93(60-66)110-91-36-16-25-78-98(91)107(84)88-33-18-31-86-97(88)102(78)77-24-7-10-28-82(77)104(86)68-19-2-1-3-20-68/h1-60H. The van der Waals surface area contributed by atoms with Crippen molar-refractivity contribution in [2.24, 2.45) is 0 Å². The molecule has 9 nitrogen and oxygen atoms in total. The SMILES string of the molecule is O=P12c3ccccc3Oc3ccc(-c4ccc(-n5c6ccccc6c6cc(-c7ccc8ccc(N9c%10ccccc%10B%10c%11ccccc%11N(c%11ccc(-c%12ccc%13c(c%12)Oc%12cccc%14c%12N%13c%12cccc%13c%12B%14c%12ccccc%12N%13c%12ccccc%12)cc%11)c%11cccc9c%11%10)cc8c7)ccc65)cc4)c(c31)Oc1ccccc12. The van der Waals surface area contributed by atoms with Gasteiger partial charge in [-0.25, -0.2) is 0 Å². The zero-order valence-electron chi connectivity index (χ0n) is 60.1. The molecule has 112 heavy (non-hydrogen) atoms. The molecule has 0 fully saturated rings. The summed E-state index contributed by atoms with van der Waals surface area (Å²) in [5.74, 6) is 4.03. The summed E-state index contributed by atoms with van der Waals surface area (Å²) in [6.45, 7) is 0.0315. The van der Waals surface area contributed by atoms with Crippen molar-refractivity contribution in [3.05, 3.63) is 364 Å². The lowest BCUT2D eigenvalue weighted by atomic mass is 9.33. The van der Waals surface area contributed by atoms with E-state index in [-0.39, 0.29) is 13.4 Å². The second-order valence-electron chi connectivity index (χ2n) is 30.1. The fraction of sp³-hybridized carbons (Fsp3) is 0. The van der Waals surface area contributed by atoms with Crippen molar-refractivity contribution in [3.8, 4) is 73.6 Å². The molecule has 7 aliphatic heterocycles. The van der Waals surface area contributed by atoms with E-state index in [1.807, 2.05) is 60.7 Å². The number of aromatic nitrogens is 1. The second kappa shape index (κ2) is 23.2. The number of rotatable bonds is 7. The number of anilines is 12. The summed E-state index contributed by atoms with van der Waals surface area (Å²) in [5.41, 5.74) is 30.8. The molecular weight excluding hydrogens is 1390 g/mol. The monoisotopic (exact) mass is 1450 g/mol. The summed E-state index contributed by atoms with van der Waals surface area (Å²) in [7, 11) is -3.35. The van der Waals surface area contributed by atoms with Crippen LogP contribution in [0.5, 0.6) is 34.5 Å². The molecule has 0 aliphatic carbocycles. The van der Waals surface area contributed by atoms with Crippen LogP contribution in [0.2, 0.25) is 0 Å². The van der Waals surface area contributed by atoms with Crippen molar-refractivity contribution < 1.29 is 18.8 Å². The maximum atomic E-state index is 15.8. The summed E-state index contributed by atoms with van der Waals surface area (Å²) < 4.78 is 38.4. The number of nitrogens with zero attached hydrogens (tertiary/aromatic N) is 5. The van der Waals surface area contributed by atoms with Crippen LogP contribution in [0, 0.1) is 0 Å². The molecule has 1 aromatic heterocycles. The molecule has 0 radical (unpaired) electrons. The molecule has 0 N–H and O–H groups in total. The van der Waals surface area contributed by atoms with E-state index in [1.54, 1.807) is 0 Å². The minimum atomic E-state index is -3.35. The number of hydrogen-bond acceptors (Lipinski definition) is 8. The fourth-order valence-corrected chi connectivity index (χ4v) is 22.7. The van der Waals surface area contributed by atoms with E-state index < -0.39 is 7.14 Å². The van der Waals surface area contributed by atoms with Crippen LogP contribution in [0.15, 0.2) is 364 Å². The Balaban J connectivity index is 0.541. The average molecular weight is 1450 g/mol. The van der Waals surface area contributed by atoms with Crippen LogP contribution < -0.4 is 82.5 Å². The van der Waals surface area contributed by atoms with Gasteiger partial charge >= 0.3 is 0 Å². The van der Waals surface area contributed by atoms with E-state index in [0.29, 0.717) is 38.9 Å². The first kappa shape index (κ1) is 61.7. The quantitative estimate of drug-likeness (QED) is 0.116. The number of fused-ring (bicyclic) bond motifs is 18. The molecule has 0 amide bonds. The lowest BCUT2D eigenvalue weighted by Crippen LogP contribution is -2.61. The number of hydrogen-bond donors (Lipinski definition) is 0. The Bertz CT molecular complexity index is 7210. The molecular formula is C100H60B2N5O4P. The molecule has 520 valence electrons. The van der Waals surface area contributed by atoms with Crippen LogP contribution in [0.4, 0.5) is 68.2 Å². The average Bonchev–Trinajstić information content (AvgIpc) is 0.911. The summed E-state index contributed by atoms with van der Waals surface area (Å²) in [6.07, 6.45) is 0. The van der Waals surface area contributed by atoms with Crippen molar-refractivity contribution in [1.82, 2.24) is 4.57 Å². The molecule has 12 heteroatoms. The highest BCUT2D eigenvalue weighted by Gasteiger charge is 2.49. The first-order chi connectivity index (χ1) is 55.4. The molecule has 0 bridgehead atoms. The van der Waals surface area contributed by atoms with Gasteiger partial charge < -0.3 is 42.9 Å². The van der Waals surface area contributed by atoms with Crippen molar-refractivity contribution >= 4 is 170 Å². The molecule has 7 aliphatic rings. The third kappa shape index (κ3) is 8.57. The van der Waals surface area contributed by atoms with Gasteiger partial charge in [0.1, 0.15) is 28.3 Å². The van der Waals surface area contributed by atoms with Gasteiger partial charge in [0.2, 0.25) is 0 Å². The maximum absolute atomic E-state index is 15.8. The van der Waals surface area contributed by atoms with Crippen LogP contribution >= 0.6 is 7.14 Å². The van der Waals surface area contributed by atoms with E-state index in [2.05, 4.69) is 327 Å². The molecule has 18 aromatic rings. The van der Waals surface area contributed by atoms with Gasteiger partial charge in [0, 0.05) is 78.9 Å². The topological polar surface area (TPSA) is 62.7 Å². The largest absolute Gasteiger partial charge is 0.456 e. The van der Waals surface area contributed by atoms with Gasteiger partial charge in [-0.1, -0.05) is 194 Å².